The summed E-state index contributed by atoms with van der Waals surface area (Å²) in [7, 11) is -4.01. The molecule has 0 aliphatic rings. The van der Waals surface area contributed by atoms with E-state index in [9.17, 15) is 5.11 Å². The van der Waals surface area contributed by atoms with Gasteiger partial charge in [-0.3, -0.25) is 0 Å². The van der Waals surface area contributed by atoms with Crippen LogP contribution in [0.1, 0.15) is 27.2 Å². The number of hydrogen-bond acceptors (Lipinski definition) is 2. The Morgan fingerprint density at radius 1 is 0.893 bits per heavy atom. The number of benzene rings is 2. The van der Waals surface area contributed by atoms with Crippen molar-refractivity contribution >= 4 is 26.8 Å². The minimum absolute atomic E-state index is 0.0839. The third-order valence-corrected chi connectivity index (χ3v) is 10.6. The molecular formula is C24H34O2Si2. The molecule has 0 aromatic heterocycles. The molecular weight excluding hydrogens is 376 g/mol. The molecule has 0 saturated carbocycles. The van der Waals surface area contributed by atoms with E-state index in [4.69, 9.17) is 4.43 Å². The second-order valence-corrected chi connectivity index (χ2v) is 18.4. The molecule has 0 amide bonds. The summed E-state index contributed by atoms with van der Waals surface area (Å²) in [6.07, 6.45) is -0.117. The number of rotatable bonds is 6. The second kappa shape index (κ2) is 9.23. The maximum absolute atomic E-state index is 10.6. The summed E-state index contributed by atoms with van der Waals surface area (Å²) in [4.78, 5) is 0. The first-order chi connectivity index (χ1) is 13.1. The van der Waals surface area contributed by atoms with Gasteiger partial charge in [-0.1, -0.05) is 101 Å². The molecule has 0 fully saturated rings. The quantitative estimate of drug-likeness (QED) is 0.571. The van der Waals surface area contributed by atoms with Crippen LogP contribution in [0.15, 0.2) is 60.7 Å². The number of hydrogen-bond donors (Lipinski definition) is 1. The Balaban J connectivity index is 2.38. The zero-order chi connectivity index (χ0) is 20.8. The van der Waals surface area contributed by atoms with Gasteiger partial charge in [-0.05, 0) is 15.4 Å². The Labute approximate surface area is 173 Å². The maximum Gasteiger partial charge on any atom is 0.261 e. The number of aliphatic hydroxyl groups excluding tert-OH is 1. The van der Waals surface area contributed by atoms with Crippen LogP contribution < -0.4 is 10.4 Å². The SMILES string of the molecule is CC(C)(C)[Si](OC[C@@H](O)CC#C[Si](C)(C)C)(c1ccccc1)c1ccccc1. The summed E-state index contributed by atoms with van der Waals surface area (Å²) in [6.45, 7) is 13.7. The van der Waals surface area contributed by atoms with Crippen molar-refractivity contribution in [1.82, 2.24) is 0 Å². The zero-order valence-corrected chi connectivity index (χ0v) is 20.1. The summed E-state index contributed by atoms with van der Waals surface area (Å²) in [5.74, 6) is 3.18. The van der Waals surface area contributed by atoms with E-state index in [1.807, 2.05) is 12.1 Å². The molecule has 2 aromatic carbocycles. The van der Waals surface area contributed by atoms with Gasteiger partial charge in [0.15, 0.2) is 0 Å². The third kappa shape index (κ3) is 5.68. The summed E-state index contributed by atoms with van der Waals surface area (Å²) in [5, 5.41) is 13.0. The highest BCUT2D eigenvalue weighted by molar-refractivity contribution is 6.99. The standard InChI is InChI=1S/C24H34O2Si2/c1-24(2,3)28(22-15-9-7-10-16-22,23-17-11-8-12-18-23)26-20-21(25)14-13-19-27(4,5)6/h7-12,15-18,21,25H,14,20H2,1-6H3/t21-/m0/s1. The van der Waals surface area contributed by atoms with Crippen molar-refractivity contribution in [2.45, 2.75) is 58.0 Å². The molecule has 1 N–H and O–H groups in total. The monoisotopic (exact) mass is 410 g/mol. The van der Waals surface area contributed by atoms with Crippen LogP contribution in [0.25, 0.3) is 0 Å². The molecule has 4 heteroatoms. The van der Waals surface area contributed by atoms with Gasteiger partial charge in [0.05, 0.1) is 12.7 Å². The Kier molecular flexibility index (Phi) is 7.47. The van der Waals surface area contributed by atoms with E-state index in [1.165, 1.54) is 10.4 Å². The first-order valence-electron chi connectivity index (χ1n) is 9.99. The van der Waals surface area contributed by atoms with E-state index in [1.54, 1.807) is 0 Å². The molecule has 0 aliphatic heterocycles. The summed E-state index contributed by atoms with van der Waals surface area (Å²) in [5.41, 5.74) is 3.33. The van der Waals surface area contributed by atoms with E-state index in [2.05, 4.69) is 100 Å². The molecule has 2 rings (SSSR count). The van der Waals surface area contributed by atoms with Gasteiger partial charge in [-0.2, -0.15) is 0 Å². The lowest BCUT2D eigenvalue weighted by atomic mass is 10.2. The van der Waals surface area contributed by atoms with Crippen molar-refractivity contribution in [2.24, 2.45) is 0 Å². The first kappa shape index (κ1) is 22.6. The van der Waals surface area contributed by atoms with Crippen molar-refractivity contribution in [3.05, 3.63) is 60.7 Å². The largest absolute Gasteiger partial charge is 0.405 e. The maximum atomic E-state index is 10.6. The predicted molar refractivity (Wildman–Crippen MR) is 125 cm³/mol. The molecule has 150 valence electrons. The van der Waals surface area contributed by atoms with E-state index in [0.717, 1.165) is 0 Å². The Hall–Kier alpha value is -1.65. The first-order valence-corrected chi connectivity index (χ1v) is 15.4. The van der Waals surface area contributed by atoms with Gasteiger partial charge >= 0.3 is 0 Å². The van der Waals surface area contributed by atoms with Gasteiger partial charge in [0, 0.05) is 6.42 Å². The molecule has 2 nitrogen and oxygen atoms in total. The van der Waals surface area contributed by atoms with Gasteiger partial charge in [-0.25, -0.2) is 0 Å². The molecule has 0 bridgehead atoms. The lowest BCUT2D eigenvalue weighted by molar-refractivity contribution is 0.106. The molecule has 0 saturated heterocycles. The fourth-order valence-corrected chi connectivity index (χ4v) is 8.71. The topological polar surface area (TPSA) is 29.5 Å². The van der Waals surface area contributed by atoms with Crippen molar-refractivity contribution in [1.29, 1.82) is 0 Å². The van der Waals surface area contributed by atoms with Gasteiger partial charge in [-0.15, -0.1) is 11.5 Å². The molecule has 0 radical (unpaired) electrons. The highest BCUT2D eigenvalue weighted by atomic mass is 28.4. The van der Waals surface area contributed by atoms with Crippen molar-refractivity contribution in [3.63, 3.8) is 0 Å². The van der Waals surface area contributed by atoms with Crippen LogP contribution in [0, 0.1) is 11.5 Å². The van der Waals surface area contributed by atoms with Crippen LogP contribution >= 0.6 is 0 Å². The molecule has 0 aliphatic carbocycles. The van der Waals surface area contributed by atoms with E-state index in [0.29, 0.717) is 13.0 Å². The van der Waals surface area contributed by atoms with Crippen LogP contribution in [0.5, 0.6) is 0 Å². The third-order valence-electron chi connectivity index (χ3n) is 4.71. The molecule has 0 spiro atoms. The predicted octanol–water partition coefficient (Wildman–Crippen LogP) is 4.19. The van der Waals surface area contributed by atoms with Crippen molar-refractivity contribution < 1.29 is 9.53 Å². The second-order valence-electron chi connectivity index (χ2n) is 9.38. The molecule has 2 aromatic rings. The van der Waals surface area contributed by atoms with E-state index < -0.39 is 22.5 Å². The fourth-order valence-electron chi connectivity index (χ4n) is 3.48. The lowest BCUT2D eigenvalue weighted by Gasteiger charge is -2.43. The average Bonchev–Trinajstić information content (AvgIpc) is 2.62. The summed E-state index contributed by atoms with van der Waals surface area (Å²) < 4.78 is 6.74. The van der Waals surface area contributed by atoms with E-state index in [-0.39, 0.29) is 5.04 Å². The minimum atomic E-state index is -2.59. The van der Waals surface area contributed by atoms with Crippen LogP contribution in [0.2, 0.25) is 24.7 Å². The van der Waals surface area contributed by atoms with Crippen LogP contribution in [-0.2, 0) is 4.43 Å². The van der Waals surface area contributed by atoms with Crippen LogP contribution in [0.3, 0.4) is 0 Å². The Morgan fingerprint density at radius 2 is 1.36 bits per heavy atom. The highest BCUT2D eigenvalue weighted by Gasteiger charge is 2.50. The van der Waals surface area contributed by atoms with Gasteiger partial charge in [0.25, 0.3) is 8.32 Å². The molecule has 1 atom stereocenters. The van der Waals surface area contributed by atoms with Gasteiger partial charge < -0.3 is 9.53 Å². The number of aliphatic hydroxyl groups is 1. The summed E-state index contributed by atoms with van der Waals surface area (Å²) >= 11 is 0. The minimum Gasteiger partial charge on any atom is -0.405 e. The normalized spacial score (nSPS) is 13.5. The fraction of sp³-hybridized carbons (Fsp3) is 0.417. The van der Waals surface area contributed by atoms with Gasteiger partial charge in [0.2, 0.25) is 0 Å². The van der Waals surface area contributed by atoms with E-state index >= 15 is 0 Å². The van der Waals surface area contributed by atoms with Gasteiger partial charge in [0.1, 0.15) is 8.07 Å². The zero-order valence-electron chi connectivity index (χ0n) is 18.1. The average molecular weight is 411 g/mol. The highest BCUT2D eigenvalue weighted by Crippen LogP contribution is 2.36. The Bertz CT molecular complexity index is 754. The van der Waals surface area contributed by atoms with Crippen LogP contribution in [-0.4, -0.2) is 34.2 Å². The Morgan fingerprint density at radius 3 is 1.75 bits per heavy atom. The van der Waals surface area contributed by atoms with Crippen molar-refractivity contribution in [2.75, 3.05) is 6.61 Å². The van der Waals surface area contributed by atoms with Crippen molar-refractivity contribution in [3.8, 4) is 11.5 Å². The summed E-state index contributed by atoms with van der Waals surface area (Å²) in [6, 6.07) is 21.0. The molecule has 0 unspecified atom stereocenters. The molecule has 28 heavy (non-hydrogen) atoms. The van der Waals surface area contributed by atoms with Crippen LogP contribution in [0.4, 0.5) is 0 Å². The lowest BCUT2D eigenvalue weighted by Crippen LogP contribution is -2.67. The smallest absolute Gasteiger partial charge is 0.261 e. The molecule has 0 heterocycles.